The van der Waals surface area contributed by atoms with E-state index in [-0.39, 0.29) is 13.2 Å². The second-order valence-corrected chi connectivity index (χ2v) is 1.93. The van der Waals surface area contributed by atoms with Gasteiger partial charge in [-0.2, -0.15) is 0 Å². The summed E-state index contributed by atoms with van der Waals surface area (Å²) >= 11 is 0. The number of aliphatic hydroxyl groups is 2. The summed E-state index contributed by atoms with van der Waals surface area (Å²) in [6.07, 6.45) is 1.50. The van der Waals surface area contributed by atoms with E-state index in [0.29, 0.717) is 0 Å². The molecule has 0 aliphatic heterocycles. The van der Waals surface area contributed by atoms with E-state index in [1.165, 1.54) is 0 Å². The van der Waals surface area contributed by atoms with E-state index in [9.17, 15) is 9.59 Å². The number of isocyanates is 2. The molecular formula is C8H14N2O9. The standard InChI is InChI=1S/C4H6O5.C2H6O2.2CHNO/c5-3(6)1-9-2-4(7)8;3-1-2-4;2*2-1-3/h1-2H2,(H,5,6)(H,7,8);3-4H,1-2H2;2*2H. The molecule has 0 spiro atoms. The number of carbonyl (C=O) groups excluding carboxylic acids is 2. The first-order chi connectivity index (χ1) is 8.87. The minimum Gasteiger partial charge on any atom is -0.480 e. The van der Waals surface area contributed by atoms with Gasteiger partial charge in [-0.25, -0.2) is 30.0 Å². The zero-order chi connectivity index (χ0) is 16.1. The van der Waals surface area contributed by atoms with Crippen LogP contribution in [0.4, 0.5) is 0 Å². The molecule has 0 fully saturated rings. The van der Waals surface area contributed by atoms with Crippen molar-refractivity contribution in [2.45, 2.75) is 0 Å². The van der Waals surface area contributed by atoms with Crippen LogP contribution >= 0.6 is 0 Å². The van der Waals surface area contributed by atoms with Gasteiger partial charge in [-0.05, 0) is 0 Å². The molecule has 0 aromatic heterocycles. The highest BCUT2D eigenvalue weighted by Gasteiger charge is 1.98. The fourth-order valence-electron chi connectivity index (χ4n) is 0.226. The highest BCUT2D eigenvalue weighted by atomic mass is 16.5. The minimum atomic E-state index is -1.17. The summed E-state index contributed by atoms with van der Waals surface area (Å²) in [5.41, 5.74) is 0. The molecule has 0 heterocycles. The molecule has 0 amide bonds. The number of hydrogen-bond donors (Lipinski definition) is 6. The van der Waals surface area contributed by atoms with Gasteiger partial charge in [-0.15, -0.1) is 0 Å². The highest BCUT2D eigenvalue weighted by molar-refractivity contribution is 5.70. The number of aliphatic carboxylic acids is 2. The maximum atomic E-state index is 9.66. The molecule has 11 nitrogen and oxygen atoms in total. The first-order valence-electron chi connectivity index (χ1n) is 4.18. The van der Waals surface area contributed by atoms with Crippen molar-refractivity contribution in [2.75, 3.05) is 26.4 Å². The average Bonchev–Trinajstić information content (AvgIpc) is 2.30. The number of aliphatic hydroxyl groups excluding tert-OH is 2. The average molecular weight is 282 g/mol. The van der Waals surface area contributed by atoms with Crippen LogP contribution < -0.4 is 0 Å². The summed E-state index contributed by atoms with van der Waals surface area (Å²) in [6, 6.07) is 0. The van der Waals surface area contributed by atoms with Crippen LogP contribution in [-0.4, -0.2) is 71.0 Å². The third-order valence-electron chi connectivity index (χ3n) is 0.551. The molecule has 0 aromatic carbocycles. The lowest BCUT2D eigenvalue weighted by atomic mass is 10.7. The Kier molecular flexibility index (Phi) is 39.6. The molecule has 110 valence electrons. The quantitative estimate of drug-likeness (QED) is 0.242. The Hall–Kier alpha value is -2.42. The number of rotatable bonds is 5. The second kappa shape index (κ2) is 29.6. The van der Waals surface area contributed by atoms with E-state index in [4.69, 9.17) is 40.8 Å². The Bertz CT molecular complexity index is 252. The van der Waals surface area contributed by atoms with Gasteiger partial charge in [0.05, 0.1) is 13.2 Å². The van der Waals surface area contributed by atoms with Crippen LogP contribution in [0.1, 0.15) is 0 Å². The van der Waals surface area contributed by atoms with Crippen molar-refractivity contribution in [3.8, 4) is 0 Å². The van der Waals surface area contributed by atoms with Crippen LogP contribution in [0.3, 0.4) is 0 Å². The van der Waals surface area contributed by atoms with Crippen LogP contribution in [0.5, 0.6) is 0 Å². The van der Waals surface area contributed by atoms with E-state index in [1.54, 1.807) is 0 Å². The largest absolute Gasteiger partial charge is 0.480 e. The monoisotopic (exact) mass is 282 g/mol. The van der Waals surface area contributed by atoms with Crippen LogP contribution in [0.2, 0.25) is 0 Å². The molecule has 0 aliphatic rings. The lowest BCUT2D eigenvalue weighted by Crippen LogP contribution is -2.13. The second-order valence-electron chi connectivity index (χ2n) is 1.93. The topological polar surface area (TPSA) is 206 Å². The third-order valence-corrected chi connectivity index (χ3v) is 0.551. The number of ether oxygens (including phenoxy) is 1. The molecule has 0 bridgehead atoms. The predicted molar refractivity (Wildman–Crippen MR) is 57.1 cm³/mol. The Morgan fingerprint density at radius 1 is 0.895 bits per heavy atom. The van der Waals surface area contributed by atoms with Gasteiger partial charge in [-0.3, -0.25) is 0 Å². The van der Waals surface area contributed by atoms with Gasteiger partial charge in [-0.1, -0.05) is 0 Å². The van der Waals surface area contributed by atoms with Gasteiger partial charge in [0.1, 0.15) is 13.2 Å². The smallest absolute Gasteiger partial charge is 0.329 e. The molecule has 0 aliphatic carbocycles. The van der Waals surface area contributed by atoms with Crippen LogP contribution in [0.15, 0.2) is 0 Å². The Morgan fingerprint density at radius 2 is 1.11 bits per heavy atom. The van der Waals surface area contributed by atoms with Crippen molar-refractivity contribution in [1.82, 2.24) is 0 Å². The van der Waals surface area contributed by atoms with Crippen molar-refractivity contribution in [3.05, 3.63) is 0 Å². The van der Waals surface area contributed by atoms with Crippen molar-refractivity contribution >= 4 is 24.1 Å². The van der Waals surface area contributed by atoms with Crippen molar-refractivity contribution in [2.24, 2.45) is 0 Å². The van der Waals surface area contributed by atoms with E-state index in [0.717, 1.165) is 12.2 Å². The summed E-state index contributed by atoms with van der Waals surface area (Å²) in [5.74, 6) is -2.34. The lowest BCUT2D eigenvalue weighted by Gasteiger charge is -1.92. The molecule has 0 atom stereocenters. The van der Waals surface area contributed by atoms with Gasteiger partial charge in [0, 0.05) is 0 Å². The van der Waals surface area contributed by atoms with Crippen LogP contribution in [0, 0.1) is 10.8 Å². The van der Waals surface area contributed by atoms with Gasteiger partial charge < -0.3 is 25.2 Å². The molecule has 19 heavy (non-hydrogen) atoms. The molecule has 0 aromatic rings. The maximum absolute atomic E-state index is 9.66. The predicted octanol–water partition coefficient (Wildman–Crippen LogP) is -2.05. The molecule has 11 heteroatoms. The lowest BCUT2D eigenvalue weighted by molar-refractivity contribution is -0.148. The molecule has 0 rings (SSSR count). The first kappa shape index (κ1) is 25.4. The number of nitrogens with one attached hydrogen (secondary N) is 2. The Labute approximate surface area is 107 Å². The SMILES string of the molecule is N=C=O.N=C=O.O=C(O)COCC(=O)O.OCCO. The summed E-state index contributed by atoms with van der Waals surface area (Å²) in [7, 11) is 0. The van der Waals surface area contributed by atoms with E-state index < -0.39 is 25.2 Å². The van der Waals surface area contributed by atoms with Crippen molar-refractivity contribution < 1.29 is 44.3 Å². The molecule has 0 unspecified atom stereocenters. The van der Waals surface area contributed by atoms with Gasteiger partial charge in [0.25, 0.3) is 0 Å². The fraction of sp³-hybridized carbons (Fsp3) is 0.500. The zero-order valence-electron chi connectivity index (χ0n) is 9.66. The van der Waals surface area contributed by atoms with Gasteiger partial charge >= 0.3 is 11.9 Å². The zero-order valence-corrected chi connectivity index (χ0v) is 9.66. The fourth-order valence-corrected chi connectivity index (χ4v) is 0.226. The highest BCUT2D eigenvalue weighted by Crippen LogP contribution is 1.73. The van der Waals surface area contributed by atoms with Crippen molar-refractivity contribution in [3.63, 3.8) is 0 Å². The number of carboxylic acids is 2. The van der Waals surface area contributed by atoms with E-state index >= 15 is 0 Å². The molecule has 0 saturated heterocycles. The normalized spacial score (nSPS) is 6.63. The molecule has 0 radical (unpaired) electrons. The van der Waals surface area contributed by atoms with E-state index in [1.807, 2.05) is 0 Å². The minimum absolute atomic E-state index is 0.125. The Balaban J connectivity index is -0.0000000937. The summed E-state index contributed by atoms with van der Waals surface area (Å²) < 4.78 is 4.16. The van der Waals surface area contributed by atoms with Gasteiger partial charge in [0.2, 0.25) is 12.2 Å². The Morgan fingerprint density at radius 3 is 1.21 bits per heavy atom. The van der Waals surface area contributed by atoms with Crippen molar-refractivity contribution in [1.29, 1.82) is 10.8 Å². The molecule has 0 saturated carbocycles. The van der Waals surface area contributed by atoms with Crippen LogP contribution in [0.25, 0.3) is 0 Å². The molecular weight excluding hydrogens is 268 g/mol. The number of hydrogen-bond acceptors (Lipinski definition) is 9. The van der Waals surface area contributed by atoms with Gasteiger partial charge in [0.15, 0.2) is 0 Å². The summed E-state index contributed by atoms with van der Waals surface area (Å²) in [6.45, 7) is -1.38. The maximum Gasteiger partial charge on any atom is 0.329 e. The van der Waals surface area contributed by atoms with E-state index in [2.05, 4.69) is 4.74 Å². The summed E-state index contributed by atoms with van der Waals surface area (Å²) in [5, 5.41) is 41.9. The van der Waals surface area contributed by atoms with Crippen LogP contribution in [-0.2, 0) is 23.9 Å². The number of carbonyl (C=O) groups is 2. The number of carboxylic acid groups (broad SMARTS) is 2. The summed E-state index contributed by atoms with van der Waals surface area (Å²) in [4.78, 5) is 36.0. The third kappa shape index (κ3) is 137. The first-order valence-corrected chi connectivity index (χ1v) is 4.18. The molecule has 6 N–H and O–H groups in total.